The van der Waals surface area contributed by atoms with E-state index >= 15 is 0 Å². The van der Waals surface area contributed by atoms with E-state index in [1.54, 1.807) is 6.20 Å². The van der Waals surface area contributed by atoms with Gasteiger partial charge >= 0.3 is 0 Å². The summed E-state index contributed by atoms with van der Waals surface area (Å²) in [5.74, 6) is 0.830. The molecule has 0 spiro atoms. The molecule has 0 amide bonds. The molecule has 0 radical (unpaired) electrons. The molecule has 1 aromatic carbocycles. The van der Waals surface area contributed by atoms with E-state index in [9.17, 15) is 0 Å². The molecule has 0 atom stereocenters. The van der Waals surface area contributed by atoms with Gasteiger partial charge in [-0.05, 0) is 37.6 Å². The maximum Gasteiger partial charge on any atom is 0.133 e. The number of pyridine rings is 1. The van der Waals surface area contributed by atoms with E-state index in [2.05, 4.69) is 52.0 Å². The molecule has 4 heteroatoms. The number of hydrogen-bond donors (Lipinski definition) is 0. The molecule has 0 saturated heterocycles. The SMILES string of the molecule is Cc1cc(Cn2c(-c3cccnc3)c(C)c3ccccc32)no1. The molecule has 3 aromatic heterocycles. The van der Waals surface area contributed by atoms with E-state index in [1.807, 2.05) is 25.3 Å². The molecule has 0 aliphatic rings. The fourth-order valence-electron chi connectivity index (χ4n) is 3.17. The normalized spacial score (nSPS) is 11.2. The first-order valence-electron chi connectivity index (χ1n) is 7.64. The average molecular weight is 303 g/mol. The van der Waals surface area contributed by atoms with Gasteiger partial charge < -0.3 is 9.09 Å². The van der Waals surface area contributed by atoms with Crippen molar-refractivity contribution in [3.05, 3.63) is 71.9 Å². The van der Waals surface area contributed by atoms with Gasteiger partial charge in [-0.3, -0.25) is 4.98 Å². The number of hydrogen-bond acceptors (Lipinski definition) is 3. The summed E-state index contributed by atoms with van der Waals surface area (Å²) in [6.07, 6.45) is 3.71. The third kappa shape index (κ3) is 2.32. The summed E-state index contributed by atoms with van der Waals surface area (Å²) in [5, 5.41) is 5.41. The third-order valence-electron chi connectivity index (χ3n) is 4.16. The highest BCUT2D eigenvalue weighted by Gasteiger charge is 2.16. The molecule has 0 bridgehead atoms. The van der Waals surface area contributed by atoms with Crippen LogP contribution >= 0.6 is 0 Å². The van der Waals surface area contributed by atoms with Crippen LogP contribution in [0.15, 0.2) is 59.4 Å². The summed E-state index contributed by atoms with van der Waals surface area (Å²) < 4.78 is 7.52. The quantitative estimate of drug-likeness (QED) is 0.565. The number of fused-ring (bicyclic) bond motifs is 1. The Morgan fingerprint density at radius 3 is 2.70 bits per heavy atom. The van der Waals surface area contributed by atoms with Gasteiger partial charge in [-0.15, -0.1) is 0 Å². The standard InChI is InChI=1S/C19H17N3O/c1-13-10-16(21-23-13)12-22-18-8-4-3-7-17(18)14(2)19(22)15-6-5-9-20-11-15/h3-11H,12H2,1-2H3. The molecular formula is C19H17N3O. The molecule has 0 saturated carbocycles. The van der Waals surface area contributed by atoms with Crippen molar-refractivity contribution in [3.8, 4) is 11.3 Å². The summed E-state index contributed by atoms with van der Waals surface area (Å²) in [4.78, 5) is 4.28. The molecule has 4 nitrogen and oxygen atoms in total. The highest BCUT2D eigenvalue weighted by atomic mass is 16.5. The molecule has 0 unspecified atom stereocenters. The van der Waals surface area contributed by atoms with Crippen LogP contribution in [0, 0.1) is 13.8 Å². The zero-order valence-corrected chi connectivity index (χ0v) is 13.2. The first-order valence-corrected chi connectivity index (χ1v) is 7.64. The van der Waals surface area contributed by atoms with Crippen molar-refractivity contribution in [2.75, 3.05) is 0 Å². The average Bonchev–Trinajstić information content (AvgIpc) is 3.11. The minimum absolute atomic E-state index is 0.677. The Balaban J connectivity index is 1.96. The smallest absolute Gasteiger partial charge is 0.133 e. The number of rotatable bonds is 3. The number of nitrogens with zero attached hydrogens (tertiary/aromatic N) is 3. The first-order chi connectivity index (χ1) is 11.2. The second-order valence-corrected chi connectivity index (χ2v) is 5.75. The van der Waals surface area contributed by atoms with Crippen LogP contribution in [0.25, 0.3) is 22.2 Å². The molecule has 0 N–H and O–H groups in total. The maximum absolute atomic E-state index is 5.23. The fraction of sp³-hybridized carbons (Fsp3) is 0.158. The second kappa shape index (κ2) is 5.39. The monoisotopic (exact) mass is 303 g/mol. The Bertz CT molecular complexity index is 967. The molecule has 3 heterocycles. The lowest BCUT2D eigenvalue weighted by Crippen LogP contribution is -2.02. The van der Waals surface area contributed by atoms with Crippen molar-refractivity contribution in [2.45, 2.75) is 20.4 Å². The number of para-hydroxylation sites is 1. The first kappa shape index (κ1) is 13.8. The lowest BCUT2D eigenvalue weighted by molar-refractivity contribution is 0.389. The van der Waals surface area contributed by atoms with Crippen LogP contribution in [0.5, 0.6) is 0 Å². The number of benzene rings is 1. The summed E-state index contributed by atoms with van der Waals surface area (Å²) in [7, 11) is 0. The van der Waals surface area contributed by atoms with Gasteiger partial charge in [0.25, 0.3) is 0 Å². The summed E-state index contributed by atoms with van der Waals surface area (Å²) in [6, 6.07) is 14.5. The van der Waals surface area contributed by atoms with Gasteiger partial charge in [0, 0.05) is 34.9 Å². The largest absolute Gasteiger partial charge is 0.361 e. The van der Waals surface area contributed by atoms with E-state index in [1.165, 1.54) is 22.2 Å². The van der Waals surface area contributed by atoms with Gasteiger partial charge in [-0.2, -0.15) is 0 Å². The Morgan fingerprint density at radius 1 is 1.09 bits per heavy atom. The van der Waals surface area contributed by atoms with Gasteiger partial charge in [-0.1, -0.05) is 23.4 Å². The van der Waals surface area contributed by atoms with Crippen molar-refractivity contribution in [2.24, 2.45) is 0 Å². The molecule has 0 fully saturated rings. The van der Waals surface area contributed by atoms with Crippen LogP contribution in [0.3, 0.4) is 0 Å². The fourth-order valence-corrected chi connectivity index (χ4v) is 3.17. The molecule has 114 valence electrons. The van der Waals surface area contributed by atoms with E-state index in [-0.39, 0.29) is 0 Å². The predicted molar refractivity (Wildman–Crippen MR) is 90.2 cm³/mol. The molecular weight excluding hydrogens is 286 g/mol. The Kier molecular flexibility index (Phi) is 3.23. The zero-order valence-electron chi connectivity index (χ0n) is 13.2. The summed E-state index contributed by atoms with van der Waals surface area (Å²) in [6.45, 7) is 4.75. The summed E-state index contributed by atoms with van der Waals surface area (Å²) >= 11 is 0. The topological polar surface area (TPSA) is 43.9 Å². The molecule has 4 aromatic rings. The van der Waals surface area contributed by atoms with Crippen LogP contribution in [0.4, 0.5) is 0 Å². The molecule has 0 aliphatic heterocycles. The van der Waals surface area contributed by atoms with Crippen molar-refractivity contribution in [3.63, 3.8) is 0 Å². The lowest BCUT2D eigenvalue weighted by atomic mass is 10.1. The zero-order chi connectivity index (χ0) is 15.8. The Morgan fingerprint density at radius 2 is 1.96 bits per heavy atom. The van der Waals surface area contributed by atoms with Crippen LogP contribution in [-0.2, 0) is 6.54 Å². The van der Waals surface area contributed by atoms with E-state index in [0.717, 1.165) is 17.0 Å². The maximum atomic E-state index is 5.23. The highest BCUT2D eigenvalue weighted by molar-refractivity contribution is 5.91. The van der Waals surface area contributed by atoms with Crippen LogP contribution in [0.2, 0.25) is 0 Å². The second-order valence-electron chi connectivity index (χ2n) is 5.75. The van der Waals surface area contributed by atoms with Crippen molar-refractivity contribution in [1.82, 2.24) is 14.7 Å². The highest BCUT2D eigenvalue weighted by Crippen LogP contribution is 2.33. The van der Waals surface area contributed by atoms with E-state index in [0.29, 0.717) is 6.54 Å². The van der Waals surface area contributed by atoms with Crippen LogP contribution in [-0.4, -0.2) is 14.7 Å². The van der Waals surface area contributed by atoms with Crippen molar-refractivity contribution in [1.29, 1.82) is 0 Å². The van der Waals surface area contributed by atoms with E-state index in [4.69, 9.17) is 4.52 Å². The van der Waals surface area contributed by atoms with Gasteiger partial charge in [0.15, 0.2) is 0 Å². The van der Waals surface area contributed by atoms with Gasteiger partial charge in [0.1, 0.15) is 11.5 Å². The molecule has 0 aliphatic carbocycles. The minimum Gasteiger partial charge on any atom is -0.361 e. The van der Waals surface area contributed by atoms with Gasteiger partial charge in [-0.25, -0.2) is 0 Å². The van der Waals surface area contributed by atoms with Crippen LogP contribution in [0.1, 0.15) is 17.0 Å². The van der Waals surface area contributed by atoms with Gasteiger partial charge in [0.2, 0.25) is 0 Å². The number of aryl methyl sites for hydroxylation is 2. The number of aromatic nitrogens is 3. The van der Waals surface area contributed by atoms with Gasteiger partial charge in [0.05, 0.1) is 12.2 Å². The molecule has 23 heavy (non-hydrogen) atoms. The summed E-state index contributed by atoms with van der Waals surface area (Å²) in [5.41, 5.74) is 5.67. The Labute approximate surface area is 134 Å². The lowest BCUT2D eigenvalue weighted by Gasteiger charge is -2.10. The predicted octanol–water partition coefficient (Wildman–Crippen LogP) is 4.36. The minimum atomic E-state index is 0.677. The van der Waals surface area contributed by atoms with Crippen molar-refractivity contribution >= 4 is 10.9 Å². The van der Waals surface area contributed by atoms with Crippen LogP contribution < -0.4 is 0 Å². The van der Waals surface area contributed by atoms with Crippen molar-refractivity contribution < 1.29 is 4.52 Å². The van der Waals surface area contributed by atoms with E-state index < -0.39 is 0 Å². The molecule has 4 rings (SSSR count). The Hall–Kier alpha value is -2.88. The third-order valence-corrected chi connectivity index (χ3v) is 4.16.